The standard InChI is InChI=1S/C22H36N6O7/c1-11(2)7-14(23)19(31)26-15(5-6-17(29)30)20(32)27-16(8-13-9-24-10-25-13)21(33)28-18(12(3)4)22(34)35/h9-12,14-16,18H,5-8,23H2,1-4H3,(H,24,25)(H,26,31)(H,27,32)(H,28,33)(H,29,30)(H,34,35). The molecule has 0 radical (unpaired) electrons. The first kappa shape index (κ1) is 29.6. The first-order chi connectivity index (χ1) is 16.3. The van der Waals surface area contributed by atoms with E-state index >= 15 is 0 Å². The zero-order valence-corrected chi connectivity index (χ0v) is 20.4. The number of aromatic amines is 1. The van der Waals surface area contributed by atoms with Crippen LogP contribution in [0.1, 0.15) is 52.7 Å². The highest BCUT2D eigenvalue weighted by atomic mass is 16.4. The minimum Gasteiger partial charge on any atom is -0.481 e. The van der Waals surface area contributed by atoms with E-state index in [9.17, 15) is 29.1 Å². The van der Waals surface area contributed by atoms with Crippen LogP contribution in [0.2, 0.25) is 0 Å². The topological polar surface area (TPSA) is 217 Å². The Bertz CT molecular complexity index is 872. The largest absolute Gasteiger partial charge is 0.481 e. The molecule has 35 heavy (non-hydrogen) atoms. The molecule has 1 aromatic rings. The molecular formula is C22H36N6O7. The van der Waals surface area contributed by atoms with Gasteiger partial charge >= 0.3 is 11.9 Å². The number of nitrogens with one attached hydrogen (secondary N) is 4. The molecule has 0 fully saturated rings. The summed E-state index contributed by atoms with van der Waals surface area (Å²) in [5.41, 5.74) is 6.38. The number of carbonyl (C=O) groups is 5. The van der Waals surface area contributed by atoms with Crippen LogP contribution in [0.25, 0.3) is 0 Å². The summed E-state index contributed by atoms with van der Waals surface area (Å²) < 4.78 is 0. The van der Waals surface area contributed by atoms with Crippen molar-refractivity contribution in [3.05, 3.63) is 18.2 Å². The molecule has 0 spiro atoms. The zero-order valence-electron chi connectivity index (χ0n) is 20.4. The molecule has 196 valence electrons. The molecule has 13 heteroatoms. The van der Waals surface area contributed by atoms with Gasteiger partial charge in [-0.25, -0.2) is 9.78 Å². The Hall–Kier alpha value is -3.48. The summed E-state index contributed by atoms with van der Waals surface area (Å²) in [6.45, 7) is 7.00. The van der Waals surface area contributed by atoms with Crippen LogP contribution < -0.4 is 21.7 Å². The average Bonchev–Trinajstić information content (AvgIpc) is 3.25. The van der Waals surface area contributed by atoms with E-state index in [0.29, 0.717) is 12.1 Å². The second-order valence-electron chi connectivity index (χ2n) is 9.14. The molecule has 0 aliphatic heterocycles. The summed E-state index contributed by atoms with van der Waals surface area (Å²) in [5, 5.41) is 25.8. The van der Waals surface area contributed by atoms with Crippen molar-refractivity contribution in [3.63, 3.8) is 0 Å². The monoisotopic (exact) mass is 496 g/mol. The normalized spacial score (nSPS) is 14.6. The Balaban J connectivity index is 3.08. The molecule has 4 atom stereocenters. The fourth-order valence-corrected chi connectivity index (χ4v) is 3.30. The predicted molar refractivity (Wildman–Crippen MR) is 125 cm³/mol. The zero-order chi connectivity index (χ0) is 26.7. The SMILES string of the molecule is CC(C)CC(N)C(=O)NC(CCC(=O)O)C(=O)NC(Cc1cnc[nH]1)C(=O)NC(C(=O)O)C(C)C. The Morgan fingerprint density at radius 1 is 0.971 bits per heavy atom. The van der Waals surface area contributed by atoms with Crippen LogP contribution in [0.15, 0.2) is 12.5 Å². The Morgan fingerprint density at radius 2 is 1.57 bits per heavy atom. The minimum atomic E-state index is -1.27. The molecule has 3 amide bonds. The summed E-state index contributed by atoms with van der Waals surface area (Å²) in [7, 11) is 0. The molecule has 0 bridgehead atoms. The third kappa shape index (κ3) is 10.5. The average molecular weight is 497 g/mol. The number of nitrogens with two attached hydrogens (primary N) is 1. The lowest BCUT2D eigenvalue weighted by molar-refractivity contribution is -0.143. The molecule has 0 aliphatic carbocycles. The van der Waals surface area contributed by atoms with Gasteiger partial charge in [0.1, 0.15) is 18.1 Å². The van der Waals surface area contributed by atoms with Crippen LogP contribution in [-0.2, 0) is 30.4 Å². The van der Waals surface area contributed by atoms with Crippen molar-refractivity contribution >= 4 is 29.7 Å². The van der Waals surface area contributed by atoms with Crippen molar-refractivity contribution in [2.24, 2.45) is 17.6 Å². The van der Waals surface area contributed by atoms with Gasteiger partial charge in [0.25, 0.3) is 0 Å². The van der Waals surface area contributed by atoms with Crippen molar-refractivity contribution in [1.29, 1.82) is 0 Å². The number of aliphatic carboxylic acids is 2. The van der Waals surface area contributed by atoms with E-state index in [1.54, 1.807) is 13.8 Å². The Labute approximate surface area is 203 Å². The van der Waals surface area contributed by atoms with E-state index in [-0.39, 0.29) is 18.8 Å². The van der Waals surface area contributed by atoms with Crippen LogP contribution in [-0.4, -0.2) is 74.0 Å². The molecule has 13 nitrogen and oxygen atoms in total. The van der Waals surface area contributed by atoms with E-state index in [1.807, 2.05) is 13.8 Å². The number of carbonyl (C=O) groups excluding carboxylic acids is 3. The summed E-state index contributed by atoms with van der Waals surface area (Å²) in [4.78, 5) is 67.8. The van der Waals surface area contributed by atoms with Gasteiger partial charge in [-0.05, 0) is 24.7 Å². The molecule has 1 heterocycles. The predicted octanol–water partition coefficient (Wildman–Crippen LogP) is -0.615. The number of amides is 3. The maximum Gasteiger partial charge on any atom is 0.326 e. The van der Waals surface area contributed by atoms with Gasteiger partial charge in [-0.15, -0.1) is 0 Å². The van der Waals surface area contributed by atoms with Crippen LogP contribution in [0.5, 0.6) is 0 Å². The molecular weight excluding hydrogens is 460 g/mol. The van der Waals surface area contributed by atoms with E-state index < -0.39 is 66.2 Å². The number of nitrogens with zero attached hydrogens (tertiary/aromatic N) is 1. The number of carboxylic acids is 2. The van der Waals surface area contributed by atoms with Gasteiger partial charge in [0.2, 0.25) is 17.7 Å². The number of hydrogen-bond acceptors (Lipinski definition) is 7. The summed E-state index contributed by atoms with van der Waals surface area (Å²) >= 11 is 0. The number of H-pyrrole nitrogens is 1. The maximum atomic E-state index is 13.1. The maximum absolute atomic E-state index is 13.1. The fraction of sp³-hybridized carbons (Fsp3) is 0.636. The number of imidazole rings is 1. The van der Waals surface area contributed by atoms with E-state index in [2.05, 4.69) is 25.9 Å². The van der Waals surface area contributed by atoms with Crippen molar-refractivity contribution < 1.29 is 34.2 Å². The van der Waals surface area contributed by atoms with E-state index in [1.165, 1.54) is 12.5 Å². The molecule has 8 N–H and O–H groups in total. The van der Waals surface area contributed by atoms with Crippen molar-refractivity contribution in [3.8, 4) is 0 Å². The van der Waals surface area contributed by atoms with E-state index in [4.69, 9.17) is 10.8 Å². The summed E-state index contributed by atoms with van der Waals surface area (Å²) in [6.07, 6.45) is 2.49. The van der Waals surface area contributed by atoms with Gasteiger partial charge < -0.3 is 36.9 Å². The lowest BCUT2D eigenvalue weighted by Gasteiger charge is -2.26. The van der Waals surface area contributed by atoms with Gasteiger partial charge in [0, 0.05) is 24.7 Å². The summed E-state index contributed by atoms with van der Waals surface area (Å²) in [6, 6.07) is -4.59. The lowest BCUT2D eigenvalue weighted by atomic mass is 10.0. The highest BCUT2D eigenvalue weighted by Crippen LogP contribution is 2.08. The van der Waals surface area contributed by atoms with Crippen LogP contribution in [0, 0.1) is 11.8 Å². The van der Waals surface area contributed by atoms with Crippen LogP contribution >= 0.6 is 0 Å². The third-order valence-electron chi connectivity index (χ3n) is 5.18. The summed E-state index contributed by atoms with van der Waals surface area (Å²) in [5.74, 6) is -4.88. The second-order valence-corrected chi connectivity index (χ2v) is 9.14. The number of hydrogen-bond donors (Lipinski definition) is 7. The van der Waals surface area contributed by atoms with Crippen LogP contribution in [0.4, 0.5) is 0 Å². The molecule has 0 aromatic carbocycles. The molecule has 0 saturated carbocycles. The van der Waals surface area contributed by atoms with Crippen LogP contribution in [0.3, 0.4) is 0 Å². The quantitative estimate of drug-likeness (QED) is 0.164. The number of carboxylic acid groups (broad SMARTS) is 2. The Kier molecular flexibility index (Phi) is 11.9. The van der Waals surface area contributed by atoms with E-state index in [0.717, 1.165) is 0 Å². The first-order valence-electron chi connectivity index (χ1n) is 11.4. The molecule has 1 aromatic heterocycles. The fourth-order valence-electron chi connectivity index (χ4n) is 3.30. The number of rotatable bonds is 15. The molecule has 4 unspecified atom stereocenters. The van der Waals surface area contributed by atoms with Gasteiger partial charge in [-0.3, -0.25) is 19.2 Å². The van der Waals surface area contributed by atoms with Crippen molar-refractivity contribution in [1.82, 2.24) is 25.9 Å². The van der Waals surface area contributed by atoms with Gasteiger partial charge in [-0.1, -0.05) is 27.7 Å². The first-order valence-corrected chi connectivity index (χ1v) is 11.4. The molecule has 0 aliphatic rings. The highest BCUT2D eigenvalue weighted by molar-refractivity contribution is 5.94. The smallest absolute Gasteiger partial charge is 0.326 e. The van der Waals surface area contributed by atoms with Crippen molar-refractivity contribution in [2.45, 2.75) is 77.5 Å². The van der Waals surface area contributed by atoms with Gasteiger partial charge in [0.05, 0.1) is 12.4 Å². The lowest BCUT2D eigenvalue weighted by Crippen LogP contribution is -2.58. The number of aromatic nitrogens is 2. The van der Waals surface area contributed by atoms with Gasteiger partial charge in [-0.2, -0.15) is 0 Å². The molecule has 1 rings (SSSR count). The third-order valence-corrected chi connectivity index (χ3v) is 5.18. The Morgan fingerprint density at radius 3 is 2.06 bits per heavy atom. The van der Waals surface area contributed by atoms with Crippen molar-refractivity contribution in [2.75, 3.05) is 0 Å². The highest BCUT2D eigenvalue weighted by Gasteiger charge is 2.32. The van der Waals surface area contributed by atoms with Gasteiger partial charge in [0.15, 0.2) is 0 Å². The second kappa shape index (κ2) is 14.0. The molecule has 0 saturated heterocycles. The minimum absolute atomic E-state index is 0.0472.